The molecule has 4 heterocycles. The average molecular weight is 439 g/mol. The number of nitrogens with zero attached hydrogens (tertiary/aromatic N) is 5. The number of pyridine rings is 2. The zero-order valence-corrected chi connectivity index (χ0v) is 18.1. The van der Waals surface area contributed by atoms with Gasteiger partial charge in [0.1, 0.15) is 17.4 Å². The Morgan fingerprint density at radius 2 is 2.06 bits per heavy atom. The van der Waals surface area contributed by atoms with Crippen LogP contribution in [0.4, 0.5) is 0 Å². The lowest BCUT2D eigenvalue weighted by Gasteiger charge is -2.17. The monoisotopic (exact) mass is 439 g/mol. The van der Waals surface area contributed by atoms with E-state index in [9.17, 15) is 14.9 Å². The van der Waals surface area contributed by atoms with Crippen LogP contribution in [0, 0.1) is 18.3 Å². The maximum Gasteiger partial charge on any atom is 0.278 e. The second kappa shape index (κ2) is 8.45. The molecule has 1 amide bonds. The van der Waals surface area contributed by atoms with Gasteiger partial charge in [0.25, 0.3) is 11.5 Å². The molecule has 4 aromatic rings. The Balaban J connectivity index is 1.86. The first-order chi connectivity index (χ1) is 16.1. The molecule has 0 bridgehead atoms. The summed E-state index contributed by atoms with van der Waals surface area (Å²) in [4.78, 5) is 35.4. The number of hydrogen-bond donors (Lipinski definition) is 0. The maximum absolute atomic E-state index is 13.3. The van der Waals surface area contributed by atoms with Gasteiger partial charge in [-0.2, -0.15) is 10.3 Å². The van der Waals surface area contributed by atoms with Crippen LogP contribution in [-0.2, 0) is 11.3 Å². The van der Waals surface area contributed by atoms with Crippen LogP contribution < -0.4 is 11.0 Å². The Hall–Kier alpha value is -4.09. The predicted octanol–water partition coefficient (Wildman–Crippen LogP) is 2.75. The van der Waals surface area contributed by atoms with Crippen molar-refractivity contribution < 1.29 is 9.53 Å². The highest BCUT2D eigenvalue weighted by Crippen LogP contribution is 2.17. The topological polar surface area (TPSA) is 102 Å². The number of benzene rings is 1. The molecule has 8 nitrogen and oxygen atoms in total. The van der Waals surface area contributed by atoms with E-state index < -0.39 is 5.91 Å². The van der Waals surface area contributed by atoms with E-state index in [0.717, 1.165) is 18.4 Å². The molecule has 0 unspecified atom stereocenters. The van der Waals surface area contributed by atoms with E-state index in [-0.39, 0.29) is 22.7 Å². The van der Waals surface area contributed by atoms with Crippen molar-refractivity contribution in [3.63, 3.8) is 0 Å². The van der Waals surface area contributed by atoms with Gasteiger partial charge in [-0.05, 0) is 49.6 Å². The Kier molecular flexibility index (Phi) is 5.32. The van der Waals surface area contributed by atoms with Crippen molar-refractivity contribution >= 4 is 22.6 Å². The van der Waals surface area contributed by atoms with Crippen molar-refractivity contribution in [2.24, 2.45) is 4.99 Å². The van der Waals surface area contributed by atoms with Crippen molar-refractivity contribution in [2.75, 3.05) is 6.61 Å². The molecule has 0 aliphatic carbocycles. The summed E-state index contributed by atoms with van der Waals surface area (Å²) in [6.07, 6.45) is 3.30. The second-order valence-corrected chi connectivity index (χ2v) is 8.06. The summed E-state index contributed by atoms with van der Waals surface area (Å²) in [5, 5.41) is 10.2. The van der Waals surface area contributed by atoms with Gasteiger partial charge >= 0.3 is 0 Å². The van der Waals surface area contributed by atoms with Gasteiger partial charge in [-0.3, -0.25) is 14.0 Å². The van der Waals surface area contributed by atoms with E-state index in [2.05, 4.69) is 11.1 Å². The lowest BCUT2D eigenvalue weighted by atomic mass is 10.2. The van der Waals surface area contributed by atoms with Crippen LogP contribution in [0.3, 0.4) is 0 Å². The molecule has 3 aromatic heterocycles. The SMILES string of the molecule is Cc1cccn2c(=O)c3cc(C#N)c(=NC(=O)c4ccccc4)n(C[C@H]4CCCO4)c3nc12. The van der Waals surface area contributed by atoms with Crippen molar-refractivity contribution in [1.29, 1.82) is 5.26 Å². The molecule has 164 valence electrons. The molecule has 1 aromatic carbocycles. The van der Waals surface area contributed by atoms with Crippen LogP contribution in [0.2, 0.25) is 0 Å². The third-order valence-electron chi connectivity index (χ3n) is 5.86. The summed E-state index contributed by atoms with van der Waals surface area (Å²) in [7, 11) is 0. The Morgan fingerprint density at radius 1 is 1.24 bits per heavy atom. The van der Waals surface area contributed by atoms with Gasteiger partial charge in [0.05, 0.1) is 23.6 Å². The third kappa shape index (κ3) is 3.73. The van der Waals surface area contributed by atoms with Crippen LogP contribution in [0.5, 0.6) is 0 Å². The van der Waals surface area contributed by atoms with Gasteiger partial charge < -0.3 is 9.30 Å². The number of fused-ring (bicyclic) bond motifs is 2. The molecule has 0 radical (unpaired) electrons. The number of carbonyl (C=O) groups excluding carboxylic acids is 1. The molecular weight excluding hydrogens is 418 g/mol. The van der Waals surface area contributed by atoms with Crippen molar-refractivity contribution in [2.45, 2.75) is 32.4 Å². The standard InChI is InChI=1S/C25H21N5O3/c1-16-7-5-11-29-21(16)27-23-20(25(29)32)13-18(14-26)22(30(23)15-19-10-6-12-33-19)28-24(31)17-8-3-2-4-9-17/h2-5,7-9,11,13,19H,6,10,12,15H2,1H3/t19-/m1/s1. The number of hydrogen-bond acceptors (Lipinski definition) is 5. The first-order valence-electron chi connectivity index (χ1n) is 10.8. The van der Waals surface area contributed by atoms with Crippen LogP contribution >= 0.6 is 0 Å². The zero-order chi connectivity index (χ0) is 22.9. The van der Waals surface area contributed by atoms with Gasteiger partial charge in [0, 0.05) is 18.4 Å². The molecule has 5 rings (SSSR count). The van der Waals surface area contributed by atoms with Gasteiger partial charge in [-0.25, -0.2) is 4.98 Å². The third-order valence-corrected chi connectivity index (χ3v) is 5.86. The quantitative estimate of drug-likeness (QED) is 0.457. The minimum Gasteiger partial charge on any atom is -0.376 e. The van der Waals surface area contributed by atoms with Crippen LogP contribution in [0.15, 0.2) is 64.5 Å². The molecule has 1 aliphatic heterocycles. The fourth-order valence-corrected chi connectivity index (χ4v) is 4.20. The number of nitriles is 1. The predicted molar refractivity (Wildman–Crippen MR) is 122 cm³/mol. The summed E-state index contributed by atoms with van der Waals surface area (Å²) < 4.78 is 8.99. The summed E-state index contributed by atoms with van der Waals surface area (Å²) in [5.74, 6) is -0.471. The van der Waals surface area contributed by atoms with Crippen LogP contribution in [0.25, 0.3) is 16.7 Å². The molecule has 33 heavy (non-hydrogen) atoms. The molecule has 0 N–H and O–H groups in total. The number of amides is 1. The highest BCUT2D eigenvalue weighted by atomic mass is 16.5. The van der Waals surface area contributed by atoms with Gasteiger partial charge in [-0.1, -0.05) is 24.3 Å². The van der Waals surface area contributed by atoms with Gasteiger partial charge in [0.2, 0.25) is 0 Å². The van der Waals surface area contributed by atoms with E-state index in [0.29, 0.717) is 35.4 Å². The van der Waals surface area contributed by atoms with Crippen molar-refractivity contribution in [3.05, 3.63) is 87.3 Å². The van der Waals surface area contributed by atoms with E-state index in [1.54, 1.807) is 41.1 Å². The number of ether oxygens (including phenoxy) is 1. The van der Waals surface area contributed by atoms with Gasteiger partial charge in [-0.15, -0.1) is 0 Å². The lowest BCUT2D eigenvalue weighted by molar-refractivity contribution is 0.0952. The Bertz CT molecular complexity index is 1560. The Labute approximate surface area is 189 Å². The number of aromatic nitrogens is 3. The molecule has 1 saturated heterocycles. The summed E-state index contributed by atoms with van der Waals surface area (Å²) in [6.45, 7) is 2.86. The van der Waals surface area contributed by atoms with Crippen molar-refractivity contribution in [3.8, 4) is 6.07 Å². The van der Waals surface area contributed by atoms with Crippen LogP contribution in [-0.4, -0.2) is 32.6 Å². The van der Waals surface area contributed by atoms with Gasteiger partial charge in [0.15, 0.2) is 5.49 Å². The first-order valence-corrected chi connectivity index (χ1v) is 10.8. The highest BCUT2D eigenvalue weighted by Gasteiger charge is 2.21. The smallest absolute Gasteiger partial charge is 0.278 e. The van der Waals surface area contributed by atoms with E-state index >= 15 is 0 Å². The summed E-state index contributed by atoms with van der Waals surface area (Å²) >= 11 is 0. The Morgan fingerprint density at radius 3 is 2.79 bits per heavy atom. The first kappa shape index (κ1) is 20.8. The largest absolute Gasteiger partial charge is 0.376 e. The molecule has 0 saturated carbocycles. The molecule has 8 heteroatoms. The molecule has 1 atom stereocenters. The minimum absolute atomic E-state index is 0.120. The molecule has 1 aliphatic rings. The molecule has 1 fully saturated rings. The molecule has 0 spiro atoms. The zero-order valence-electron chi connectivity index (χ0n) is 18.1. The number of aryl methyl sites for hydroxylation is 1. The normalized spacial score (nSPS) is 16.4. The second-order valence-electron chi connectivity index (χ2n) is 8.06. The van der Waals surface area contributed by atoms with Crippen molar-refractivity contribution in [1.82, 2.24) is 14.0 Å². The summed E-state index contributed by atoms with van der Waals surface area (Å²) in [6, 6.07) is 15.9. The van der Waals surface area contributed by atoms with E-state index in [4.69, 9.17) is 9.72 Å². The maximum atomic E-state index is 13.3. The fourth-order valence-electron chi connectivity index (χ4n) is 4.20. The van der Waals surface area contributed by atoms with E-state index in [1.165, 1.54) is 10.5 Å². The van der Waals surface area contributed by atoms with Crippen LogP contribution in [0.1, 0.15) is 34.3 Å². The fraction of sp³-hybridized carbons (Fsp3) is 0.240. The average Bonchev–Trinajstić information content (AvgIpc) is 3.35. The minimum atomic E-state index is -0.471. The highest BCUT2D eigenvalue weighted by molar-refractivity contribution is 5.95. The number of carbonyl (C=O) groups is 1. The lowest BCUT2D eigenvalue weighted by Crippen LogP contribution is -2.33. The number of rotatable bonds is 3. The molecular formula is C25H21N5O3. The van der Waals surface area contributed by atoms with E-state index in [1.807, 2.05) is 19.1 Å². The summed E-state index contributed by atoms with van der Waals surface area (Å²) in [5.41, 5.74) is 2.17.